The zero-order valence-electron chi connectivity index (χ0n) is 13.1. The molecule has 0 amide bonds. The largest absolute Gasteiger partial charge is 0.328 e. The van der Waals surface area contributed by atoms with Crippen LogP contribution in [0.25, 0.3) is 0 Å². The second-order valence-corrected chi connectivity index (χ2v) is 5.62. The van der Waals surface area contributed by atoms with Gasteiger partial charge in [-0.25, -0.2) is 0 Å². The zero-order chi connectivity index (χ0) is 14.2. The van der Waals surface area contributed by atoms with E-state index in [1.165, 1.54) is 77.0 Å². The summed E-state index contributed by atoms with van der Waals surface area (Å²) < 4.78 is 0. The molecule has 0 aromatic heterocycles. The number of hydrogen-bond donors (Lipinski definition) is 1. The van der Waals surface area contributed by atoms with Crippen molar-refractivity contribution < 1.29 is 0 Å². The average Bonchev–Trinajstić information content (AvgIpc) is 2.41. The van der Waals surface area contributed by atoms with Crippen LogP contribution in [0, 0.1) is 0 Å². The third kappa shape index (κ3) is 15.4. The summed E-state index contributed by atoms with van der Waals surface area (Å²) in [6.45, 7) is 5.93. The minimum atomic E-state index is 0.440. The molecule has 0 heterocycles. The third-order valence-corrected chi connectivity index (χ3v) is 3.65. The highest BCUT2D eigenvalue weighted by atomic mass is 14.6. The van der Waals surface area contributed by atoms with Crippen LogP contribution in [0.5, 0.6) is 0 Å². The molecular formula is C18H35N. The monoisotopic (exact) mass is 265 g/mol. The van der Waals surface area contributed by atoms with Crippen molar-refractivity contribution in [1.29, 1.82) is 0 Å². The first-order valence-corrected chi connectivity index (χ1v) is 8.34. The lowest BCUT2D eigenvalue weighted by Gasteiger charge is -2.10. The quantitative estimate of drug-likeness (QED) is 0.314. The Labute approximate surface area is 121 Å². The van der Waals surface area contributed by atoms with E-state index in [0.717, 1.165) is 0 Å². The highest BCUT2D eigenvalue weighted by Crippen LogP contribution is 2.12. The summed E-state index contributed by atoms with van der Waals surface area (Å²) in [5, 5.41) is 0. The SMILES string of the molecule is C=C/C=C/CCCCCC(N)CCCCCCCC. The van der Waals surface area contributed by atoms with Gasteiger partial charge in [-0.05, 0) is 25.7 Å². The summed E-state index contributed by atoms with van der Waals surface area (Å²) in [5.74, 6) is 0. The molecule has 112 valence electrons. The molecular weight excluding hydrogens is 230 g/mol. The van der Waals surface area contributed by atoms with E-state index < -0.39 is 0 Å². The van der Waals surface area contributed by atoms with Crippen LogP contribution in [0.1, 0.15) is 84.0 Å². The Kier molecular flexibility index (Phi) is 15.0. The van der Waals surface area contributed by atoms with E-state index in [4.69, 9.17) is 5.73 Å². The molecule has 0 radical (unpaired) electrons. The first kappa shape index (κ1) is 18.4. The van der Waals surface area contributed by atoms with Gasteiger partial charge in [-0.1, -0.05) is 83.1 Å². The summed E-state index contributed by atoms with van der Waals surface area (Å²) >= 11 is 0. The van der Waals surface area contributed by atoms with E-state index in [-0.39, 0.29) is 0 Å². The average molecular weight is 265 g/mol. The highest BCUT2D eigenvalue weighted by Gasteiger charge is 2.01. The maximum Gasteiger partial charge on any atom is 0.00388 e. The van der Waals surface area contributed by atoms with E-state index >= 15 is 0 Å². The Morgan fingerprint density at radius 1 is 0.895 bits per heavy atom. The van der Waals surface area contributed by atoms with Crippen molar-refractivity contribution in [3.8, 4) is 0 Å². The van der Waals surface area contributed by atoms with Gasteiger partial charge in [-0.2, -0.15) is 0 Å². The van der Waals surface area contributed by atoms with Crippen molar-refractivity contribution in [2.75, 3.05) is 0 Å². The summed E-state index contributed by atoms with van der Waals surface area (Å²) in [7, 11) is 0. The topological polar surface area (TPSA) is 26.0 Å². The van der Waals surface area contributed by atoms with Crippen LogP contribution >= 0.6 is 0 Å². The predicted octanol–water partition coefficient (Wildman–Crippen LogP) is 5.76. The standard InChI is InChI=1S/C18H35N/c1-3-5-7-9-11-13-15-17-18(19)16-14-12-10-8-6-4-2/h3,5,7,18H,1,4,6,8-17,19H2,2H3/b7-5+. The van der Waals surface area contributed by atoms with Gasteiger partial charge in [0.05, 0.1) is 0 Å². The summed E-state index contributed by atoms with van der Waals surface area (Å²) in [6, 6.07) is 0.440. The maximum atomic E-state index is 6.15. The number of unbranched alkanes of at least 4 members (excludes halogenated alkanes) is 8. The molecule has 2 N–H and O–H groups in total. The molecule has 0 bridgehead atoms. The van der Waals surface area contributed by atoms with E-state index in [0.29, 0.717) is 6.04 Å². The molecule has 0 aliphatic carbocycles. The van der Waals surface area contributed by atoms with Gasteiger partial charge in [0.2, 0.25) is 0 Å². The Morgan fingerprint density at radius 3 is 2.11 bits per heavy atom. The van der Waals surface area contributed by atoms with Crippen molar-refractivity contribution in [2.45, 2.75) is 90.0 Å². The fraction of sp³-hybridized carbons (Fsp3) is 0.778. The van der Waals surface area contributed by atoms with Crippen molar-refractivity contribution >= 4 is 0 Å². The Balaban J connectivity index is 3.18. The molecule has 0 spiro atoms. The Hall–Kier alpha value is -0.560. The number of allylic oxidation sites excluding steroid dienone is 3. The summed E-state index contributed by atoms with van der Waals surface area (Å²) in [5.41, 5.74) is 6.15. The van der Waals surface area contributed by atoms with Crippen molar-refractivity contribution in [3.63, 3.8) is 0 Å². The van der Waals surface area contributed by atoms with Crippen LogP contribution in [-0.2, 0) is 0 Å². The van der Waals surface area contributed by atoms with Crippen molar-refractivity contribution in [1.82, 2.24) is 0 Å². The number of rotatable bonds is 14. The van der Waals surface area contributed by atoms with Crippen LogP contribution < -0.4 is 5.73 Å². The second kappa shape index (κ2) is 15.5. The molecule has 1 nitrogen and oxygen atoms in total. The molecule has 1 unspecified atom stereocenters. The van der Waals surface area contributed by atoms with Crippen LogP contribution in [0.4, 0.5) is 0 Å². The third-order valence-electron chi connectivity index (χ3n) is 3.65. The number of nitrogens with two attached hydrogens (primary N) is 1. The molecule has 0 aliphatic heterocycles. The van der Waals surface area contributed by atoms with Gasteiger partial charge in [0.15, 0.2) is 0 Å². The Bertz CT molecular complexity index is 208. The zero-order valence-corrected chi connectivity index (χ0v) is 13.1. The summed E-state index contributed by atoms with van der Waals surface area (Å²) in [4.78, 5) is 0. The normalized spacial score (nSPS) is 12.9. The second-order valence-electron chi connectivity index (χ2n) is 5.62. The lowest BCUT2D eigenvalue weighted by Crippen LogP contribution is -2.19. The van der Waals surface area contributed by atoms with Gasteiger partial charge in [0.25, 0.3) is 0 Å². The predicted molar refractivity (Wildman–Crippen MR) is 88.4 cm³/mol. The maximum absolute atomic E-state index is 6.15. The molecule has 0 saturated carbocycles. The molecule has 1 atom stereocenters. The van der Waals surface area contributed by atoms with Gasteiger partial charge in [-0.3, -0.25) is 0 Å². The van der Waals surface area contributed by atoms with Crippen LogP contribution in [0.15, 0.2) is 24.8 Å². The fourth-order valence-electron chi connectivity index (χ4n) is 2.37. The van der Waals surface area contributed by atoms with Gasteiger partial charge in [-0.15, -0.1) is 0 Å². The molecule has 0 aromatic rings. The molecule has 19 heavy (non-hydrogen) atoms. The Morgan fingerprint density at radius 2 is 1.47 bits per heavy atom. The summed E-state index contributed by atoms with van der Waals surface area (Å²) in [6.07, 6.45) is 21.8. The van der Waals surface area contributed by atoms with Crippen molar-refractivity contribution in [2.24, 2.45) is 5.73 Å². The minimum Gasteiger partial charge on any atom is -0.328 e. The van der Waals surface area contributed by atoms with E-state index in [1.54, 1.807) is 0 Å². The first-order valence-electron chi connectivity index (χ1n) is 8.34. The minimum absolute atomic E-state index is 0.440. The molecule has 0 saturated heterocycles. The fourth-order valence-corrected chi connectivity index (χ4v) is 2.37. The molecule has 0 aromatic carbocycles. The van der Waals surface area contributed by atoms with Gasteiger partial charge >= 0.3 is 0 Å². The van der Waals surface area contributed by atoms with Crippen LogP contribution in [-0.4, -0.2) is 6.04 Å². The lowest BCUT2D eigenvalue weighted by atomic mass is 10.0. The van der Waals surface area contributed by atoms with E-state index in [9.17, 15) is 0 Å². The van der Waals surface area contributed by atoms with Crippen LogP contribution in [0.3, 0.4) is 0 Å². The van der Waals surface area contributed by atoms with E-state index in [2.05, 4.69) is 19.6 Å². The van der Waals surface area contributed by atoms with Crippen LogP contribution in [0.2, 0.25) is 0 Å². The lowest BCUT2D eigenvalue weighted by molar-refractivity contribution is 0.489. The van der Waals surface area contributed by atoms with Gasteiger partial charge < -0.3 is 5.73 Å². The van der Waals surface area contributed by atoms with Gasteiger partial charge in [0.1, 0.15) is 0 Å². The van der Waals surface area contributed by atoms with Gasteiger partial charge in [0, 0.05) is 6.04 Å². The molecule has 0 aliphatic rings. The highest BCUT2D eigenvalue weighted by molar-refractivity contribution is 4.96. The molecule has 1 heteroatoms. The van der Waals surface area contributed by atoms with Crippen molar-refractivity contribution in [3.05, 3.63) is 24.8 Å². The first-order chi connectivity index (χ1) is 9.31. The molecule has 0 rings (SSSR count). The molecule has 0 fully saturated rings. The van der Waals surface area contributed by atoms with E-state index in [1.807, 2.05) is 12.2 Å². The number of hydrogen-bond acceptors (Lipinski definition) is 1. The smallest absolute Gasteiger partial charge is 0.00388 e.